The normalized spacial score (nSPS) is 10.2. The van der Waals surface area contributed by atoms with E-state index in [0.29, 0.717) is 20.6 Å². The molecule has 0 saturated heterocycles. The van der Waals surface area contributed by atoms with Crippen LogP contribution in [0.25, 0.3) is 0 Å². The van der Waals surface area contributed by atoms with Gasteiger partial charge in [-0.2, -0.15) is 0 Å². The van der Waals surface area contributed by atoms with Crippen molar-refractivity contribution in [1.82, 2.24) is 0 Å². The van der Waals surface area contributed by atoms with Crippen molar-refractivity contribution >= 4 is 28.6 Å². The van der Waals surface area contributed by atoms with Crippen LogP contribution in [0.2, 0.25) is 0 Å². The van der Waals surface area contributed by atoms with E-state index in [4.69, 9.17) is 14.6 Å². The quantitative estimate of drug-likeness (QED) is 0.775. The van der Waals surface area contributed by atoms with Crippen LogP contribution in [0.15, 0.2) is 36.4 Å². The smallest absolute Gasteiger partial charge is 0.335 e. The van der Waals surface area contributed by atoms with Crippen molar-refractivity contribution in [3.63, 3.8) is 0 Å². The molecule has 0 aliphatic carbocycles. The Balaban J connectivity index is 2.28. The van der Waals surface area contributed by atoms with Crippen molar-refractivity contribution in [3.8, 4) is 11.5 Å². The number of benzene rings is 2. The zero-order valence-corrected chi connectivity index (χ0v) is 13.3. The van der Waals surface area contributed by atoms with Crippen LogP contribution in [-0.4, -0.2) is 18.2 Å². The number of halogens is 2. The van der Waals surface area contributed by atoms with Gasteiger partial charge in [-0.3, -0.25) is 0 Å². The molecule has 0 radical (unpaired) electrons. The first-order valence-corrected chi connectivity index (χ1v) is 7.08. The van der Waals surface area contributed by atoms with Crippen molar-refractivity contribution in [2.45, 2.75) is 6.61 Å². The van der Waals surface area contributed by atoms with Crippen molar-refractivity contribution in [2.75, 3.05) is 7.11 Å². The van der Waals surface area contributed by atoms with Crippen molar-refractivity contribution < 1.29 is 23.8 Å². The maximum absolute atomic E-state index is 13.6. The number of rotatable bonds is 5. The van der Waals surface area contributed by atoms with E-state index in [1.807, 2.05) is 22.6 Å². The maximum atomic E-state index is 13.6. The first-order valence-electron chi connectivity index (χ1n) is 6.00. The summed E-state index contributed by atoms with van der Waals surface area (Å²) in [4.78, 5) is 11.0. The second-order valence-electron chi connectivity index (χ2n) is 4.17. The molecule has 0 atom stereocenters. The number of hydrogen-bond acceptors (Lipinski definition) is 3. The largest absolute Gasteiger partial charge is 0.493 e. The third kappa shape index (κ3) is 3.63. The number of carboxylic acids is 1. The molecule has 1 N–H and O–H groups in total. The zero-order chi connectivity index (χ0) is 15.4. The molecule has 0 aliphatic heterocycles. The summed E-state index contributed by atoms with van der Waals surface area (Å²) in [6.07, 6.45) is 0. The topological polar surface area (TPSA) is 55.8 Å². The minimum absolute atomic E-state index is 0.0332. The van der Waals surface area contributed by atoms with Crippen LogP contribution >= 0.6 is 22.6 Å². The molecule has 0 aromatic heterocycles. The minimum Gasteiger partial charge on any atom is -0.493 e. The molecule has 0 bridgehead atoms. The van der Waals surface area contributed by atoms with Gasteiger partial charge in [0, 0.05) is 5.56 Å². The summed E-state index contributed by atoms with van der Waals surface area (Å²) in [5.74, 6) is -0.706. The Labute approximate surface area is 134 Å². The second-order valence-corrected chi connectivity index (χ2v) is 5.34. The molecular weight excluding hydrogens is 390 g/mol. The number of aromatic carboxylic acids is 1. The van der Waals surface area contributed by atoms with Gasteiger partial charge in [-0.15, -0.1) is 0 Å². The monoisotopic (exact) mass is 402 g/mol. The lowest BCUT2D eigenvalue weighted by atomic mass is 10.2. The lowest BCUT2D eigenvalue weighted by Crippen LogP contribution is -2.04. The van der Waals surface area contributed by atoms with Crippen LogP contribution in [0.1, 0.15) is 15.9 Å². The van der Waals surface area contributed by atoms with Crippen molar-refractivity contribution in [2.24, 2.45) is 0 Å². The molecule has 2 rings (SSSR count). The molecule has 0 spiro atoms. The van der Waals surface area contributed by atoms with Crippen molar-refractivity contribution in [3.05, 3.63) is 56.9 Å². The highest BCUT2D eigenvalue weighted by Crippen LogP contribution is 2.34. The molecule has 0 heterocycles. The molecule has 2 aromatic rings. The summed E-state index contributed by atoms with van der Waals surface area (Å²) in [6, 6.07) is 9.15. The molecule has 0 aliphatic rings. The summed E-state index contributed by atoms with van der Waals surface area (Å²) >= 11 is 1.96. The molecule has 0 fully saturated rings. The summed E-state index contributed by atoms with van der Waals surface area (Å²) in [5, 5.41) is 9.02. The lowest BCUT2D eigenvalue weighted by molar-refractivity contribution is 0.0696. The summed E-state index contributed by atoms with van der Waals surface area (Å²) in [5.41, 5.74) is 0.521. The molecular formula is C15H12FIO4. The van der Waals surface area contributed by atoms with E-state index in [0.717, 1.165) is 0 Å². The van der Waals surface area contributed by atoms with Crippen LogP contribution in [-0.2, 0) is 6.61 Å². The lowest BCUT2D eigenvalue weighted by Gasteiger charge is -2.13. The van der Waals surface area contributed by atoms with E-state index in [-0.39, 0.29) is 18.0 Å². The van der Waals surface area contributed by atoms with Gasteiger partial charge >= 0.3 is 5.97 Å². The second kappa shape index (κ2) is 6.75. The molecule has 0 saturated carbocycles. The van der Waals surface area contributed by atoms with Gasteiger partial charge in [0.1, 0.15) is 12.4 Å². The Morgan fingerprint density at radius 2 is 2.05 bits per heavy atom. The van der Waals surface area contributed by atoms with Gasteiger partial charge in [-0.05, 0) is 40.8 Å². The summed E-state index contributed by atoms with van der Waals surface area (Å²) in [6.45, 7) is 0.0332. The molecule has 4 nitrogen and oxygen atoms in total. The highest BCUT2D eigenvalue weighted by Gasteiger charge is 2.15. The fourth-order valence-corrected chi connectivity index (χ4v) is 2.51. The Morgan fingerprint density at radius 3 is 2.67 bits per heavy atom. The Morgan fingerprint density at radius 1 is 1.33 bits per heavy atom. The highest BCUT2D eigenvalue weighted by molar-refractivity contribution is 14.1. The number of methoxy groups -OCH3 is 1. The van der Waals surface area contributed by atoms with Gasteiger partial charge in [0.05, 0.1) is 16.2 Å². The first-order chi connectivity index (χ1) is 10.0. The number of carboxylic acid groups (broad SMARTS) is 1. The number of hydrogen-bond donors (Lipinski definition) is 1. The van der Waals surface area contributed by atoms with Gasteiger partial charge in [-0.1, -0.05) is 18.2 Å². The van der Waals surface area contributed by atoms with Crippen molar-refractivity contribution in [1.29, 1.82) is 0 Å². The maximum Gasteiger partial charge on any atom is 0.335 e. The Kier molecular flexibility index (Phi) is 5.00. The Hall–Kier alpha value is -1.83. The number of carbonyl (C=O) groups is 1. The average molecular weight is 402 g/mol. The van der Waals surface area contributed by atoms with Gasteiger partial charge in [-0.25, -0.2) is 9.18 Å². The van der Waals surface area contributed by atoms with Crippen LogP contribution in [0.5, 0.6) is 11.5 Å². The fraction of sp³-hybridized carbons (Fsp3) is 0.133. The van der Waals surface area contributed by atoms with Gasteiger partial charge in [0.25, 0.3) is 0 Å². The van der Waals surface area contributed by atoms with E-state index in [1.54, 1.807) is 18.2 Å². The van der Waals surface area contributed by atoms with Crippen LogP contribution in [0.3, 0.4) is 0 Å². The first kappa shape index (κ1) is 15.6. The van der Waals surface area contributed by atoms with Gasteiger partial charge in [0.15, 0.2) is 11.5 Å². The zero-order valence-electron chi connectivity index (χ0n) is 11.1. The van der Waals surface area contributed by atoms with E-state index in [1.165, 1.54) is 25.3 Å². The van der Waals surface area contributed by atoms with E-state index >= 15 is 0 Å². The standard InChI is InChI=1S/C15H12FIO4/c1-20-13-7-10(15(18)19)6-12(17)14(13)21-8-9-4-2-3-5-11(9)16/h2-7H,8H2,1H3,(H,18,19). The third-order valence-corrected chi connectivity index (χ3v) is 3.61. The molecule has 0 unspecified atom stereocenters. The van der Waals surface area contributed by atoms with Gasteiger partial charge < -0.3 is 14.6 Å². The molecule has 110 valence electrons. The van der Waals surface area contributed by atoms with E-state index in [9.17, 15) is 9.18 Å². The fourth-order valence-electron chi connectivity index (χ4n) is 1.75. The van der Waals surface area contributed by atoms with Crippen LogP contribution in [0.4, 0.5) is 4.39 Å². The number of ether oxygens (including phenoxy) is 2. The minimum atomic E-state index is -1.05. The van der Waals surface area contributed by atoms with Gasteiger partial charge in [0.2, 0.25) is 0 Å². The van der Waals surface area contributed by atoms with Crippen LogP contribution < -0.4 is 9.47 Å². The SMILES string of the molecule is COc1cc(C(=O)O)cc(I)c1OCc1ccccc1F. The van der Waals surface area contributed by atoms with E-state index in [2.05, 4.69) is 0 Å². The third-order valence-electron chi connectivity index (χ3n) is 2.81. The predicted molar refractivity (Wildman–Crippen MR) is 83.4 cm³/mol. The predicted octanol–water partition coefficient (Wildman–Crippen LogP) is 3.72. The molecule has 2 aromatic carbocycles. The summed E-state index contributed by atoms with van der Waals surface area (Å²) < 4.78 is 24.9. The average Bonchev–Trinajstić information content (AvgIpc) is 2.46. The van der Waals surface area contributed by atoms with Crippen LogP contribution in [0, 0.1) is 9.39 Å². The molecule has 21 heavy (non-hydrogen) atoms. The highest BCUT2D eigenvalue weighted by atomic mass is 127. The Bertz CT molecular complexity index is 673. The van der Waals surface area contributed by atoms with E-state index < -0.39 is 5.97 Å². The summed E-state index contributed by atoms with van der Waals surface area (Å²) in [7, 11) is 1.42. The molecule has 6 heteroatoms. The molecule has 0 amide bonds.